The molecule has 35 heavy (non-hydrogen) atoms. The molecule has 0 bridgehead atoms. The summed E-state index contributed by atoms with van der Waals surface area (Å²) in [5.74, 6) is -1.04. The van der Waals surface area contributed by atoms with Crippen LogP contribution in [0.3, 0.4) is 0 Å². The lowest BCUT2D eigenvalue weighted by Crippen LogP contribution is -2.36. The van der Waals surface area contributed by atoms with Gasteiger partial charge in [0.15, 0.2) is 0 Å². The number of aryl methyl sites for hydroxylation is 2. The van der Waals surface area contributed by atoms with Crippen LogP contribution in [-0.2, 0) is 32.6 Å². The first-order chi connectivity index (χ1) is 16.8. The van der Waals surface area contributed by atoms with Gasteiger partial charge in [0, 0.05) is 24.3 Å². The summed E-state index contributed by atoms with van der Waals surface area (Å²) in [5, 5.41) is 5.15. The SMILES string of the molecule is COc1ccccc1CNC(=O)C(=O)Nc1ccc2c(c1)N(S(=O)(=O)c1ccc(C)cc1)CCC2. The van der Waals surface area contributed by atoms with Crippen LogP contribution >= 0.6 is 0 Å². The first kappa shape index (κ1) is 24.3. The highest BCUT2D eigenvalue weighted by Gasteiger charge is 2.29. The number of carbonyl (C=O) groups is 2. The Hall–Kier alpha value is -3.85. The van der Waals surface area contributed by atoms with Crippen LogP contribution in [-0.4, -0.2) is 33.9 Å². The summed E-state index contributed by atoms with van der Waals surface area (Å²) in [6.45, 7) is 2.36. The third kappa shape index (κ3) is 5.30. The molecule has 2 N–H and O–H groups in total. The average molecular weight is 494 g/mol. The molecule has 0 aromatic heterocycles. The maximum atomic E-state index is 13.3. The van der Waals surface area contributed by atoms with Gasteiger partial charge in [-0.3, -0.25) is 13.9 Å². The molecule has 0 fully saturated rings. The molecule has 9 heteroatoms. The van der Waals surface area contributed by atoms with Gasteiger partial charge in [-0.1, -0.05) is 42.0 Å². The maximum Gasteiger partial charge on any atom is 0.313 e. The Kier molecular flexibility index (Phi) is 7.07. The normalized spacial score (nSPS) is 13.0. The van der Waals surface area contributed by atoms with Crippen molar-refractivity contribution in [2.75, 3.05) is 23.3 Å². The topological polar surface area (TPSA) is 105 Å². The number of nitrogens with zero attached hydrogens (tertiary/aromatic N) is 1. The molecule has 2 amide bonds. The second-order valence-corrected chi connectivity index (χ2v) is 10.1. The van der Waals surface area contributed by atoms with E-state index in [0.29, 0.717) is 30.1 Å². The van der Waals surface area contributed by atoms with E-state index >= 15 is 0 Å². The van der Waals surface area contributed by atoms with Crippen LogP contribution in [0.25, 0.3) is 0 Å². The number of hydrogen-bond acceptors (Lipinski definition) is 5. The number of para-hydroxylation sites is 1. The molecule has 1 aliphatic heterocycles. The van der Waals surface area contributed by atoms with Crippen LogP contribution in [0.15, 0.2) is 71.6 Å². The molecule has 0 unspecified atom stereocenters. The average Bonchev–Trinajstić information content (AvgIpc) is 2.87. The van der Waals surface area contributed by atoms with Crippen molar-refractivity contribution >= 4 is 33.2 Å². The molecular formula is C26H27N3O5S. The minimum Gasteiger partial charge on any atom is -0.496 e. The van der Waals surface area contributed by atoms with E-state index in [9.17, 15) is 18.0 Å². The largest absolute Gasteiger partial charge is 0.496 e. The van der Waals surface area contributed by atoms with Gasteiger partial charge in [-0.25, -0.2) is 8.42 Å². The van der Waals surface area contributed by atoms with Crippen LogP contribution in [0.4, 0.5) is 11.4 Å². The van der Waals surface area contributed by atoms with Crippen molar-refractivity contribution in [3.63, 3.8) is 0 Å². The van der Waals surface area contributed by atoms with E-state index in [2.05, 4.69) is 10.6 Å². The Morgan fingerprint density at radius 1 is 1.00 bits per heavy atom. The Bertz CT molecular complexity index is 1350. The molecule has 182 valence electrons. The van der Waals surface area contributed by atoms with E-state index in [0.717, 1.165) is 23.1 Å². The molecule has 0 aliphatic carbocycles. The number of fused-ring (bicyclic) bond motifs is 1. The van der Waals surface area contributed by atoms with Crippen LogP contribution < -0.4 is 19.7 Å². The highest BCUT2D eigenvalue weighted by Crippen LogP contribution is 2.34. The number of ether oxygens (including phenoxy) is 1. The first-order valence-corrected chi connectivity index (χ1v) is 12.7. The zero-order valence-corrected chi connectivity index (χ0v) is 20.4. The van der Waals surface area contributed by atoms with Gasteiger partial charge in [-0.05, 0) is 55.7 Å². The summed E-state index contributed by atoms with van der Waals surface area (Å²) >= 11 is 0. The van der Waals surface area contributed by atoms with Crippen molar-refractivity contribution in [3.8, 4) is 5.75 Å². The molecular weight excluding hydrogens is 466 g/mol. The van der Waals surface area contributed by atoms with Gasteiger partial charge in [-0.15, -0.1) is 0 Å². The predicted molar refractivity (Wildman–Crippen MR) is 134 cm³/mol. The van der Waals surface area contributed by atoms with E-state index in [1.54, 1.807) is 54.6 Å². The van der Waals surface area contributed by atoms with Crippen molar-refractivity contribution in [1.82, 2.24) is 5.32 Å². The van der Waals surface area contributed by atoms with Gasteiger partial charge in [0.25, 0.3) is 10.0 Å². The first-order valence-electron chi connectivity index (χ1n) is 11.2. The summed E-state index contributed by atoms with van der Waals surface area (Å²) in [7, 11) is -2.24. The molecule has 0 saturated heterocycles. The number of sulfonamides is 1. The molecule has 3 aromatic carbocycles. The number of amides is 2. The fourth-order valence-corrected chi connectivity index (χ4v) is 5.53. The summed E-state index contributed by atoms with van der Waals surface area (Å²) in [4.78, 5) is 25.1. The van der Waals surface area contributed by atoms with Gasteiger partial charge in [0.05, 0.1) is 17.7 Å². The summed E-state index contributed by atoms with van der Waals surface area (Å²) in [6.07, 6.45) is 1.41. The van der Waals surface area contributed by atoms with E-state index in [1.807, 2.05) is 19.1 Å². The maximum absolute atomic E-state index is 13.3. The molecule has 1 heterocycles. The van der Waals surface area contributed by atoms with Crippen LogP contribution in [0.2, 0.25) is 0 Å². The van der Waals surface area contributed by atoms with Crippen molar-refractivity contribution in [2.24, 2.45) is 0 Å². The van der Waals surface area contributed by atoms with Gasteiger partial charge in [0.1, 0.15) is 5.75 Å². The van der Waals surface area contributed by atoms with Gasteiger partial charge in [0.2, 0.25) is 0 Å². The third-order valence-electron chi connectivity index (χ3n) is 5.87. The summed E-state index contributed by atoms with van der Waals surface area (Å²) in [5.41, 5.74) is 3.42. The number of hydrogen-bond donors (Lipinski definition) is 2. The number of carbonyl (C=O) groups excluding carboxylic acids is 2. The molecule has 3 aromatic rings. The number of methoxy groups -OCH3 is 1. The lowest BCUT2D eigenvalue weighted by Gasteiger charge is -2.31. The van der Waals surface area contributed by atoms with Gasteiger partial charge >= 0.3 is 11.8 Å². The smallest absolute Gasteiger partial charge is 0.313 e. The summed E-state index contributed by atoms with van der Waals surface area (Å²) < 4.78 is 33.3. The Labute approximate surface area is 205 Å². The second kappa shape index (κ2) is 10.2. The minimum absolute atomic E-state index is 0.128. The molecule has 0 atom stereocenters. The molecule has 8 nitrogen and oxygen atoms in total. The molecule has 0 spiro atoms. The molecule has 1 aliphatic rings. The van der Waals surface area contributed by atoms with Gasteiger partial charge < -0.3 is 15.4 Å². The molecule has 0 radical (unpaired) electrons. The van der Waals surface area contributed by atoms with Crippen molar-refractivity contribution < 1.29 is 22.7 Å². The quantitative estimate of drug-likeness (QED) is 0.512. The van der Waals surface area contributed by atoms with Crippen molar-refractivity contribution in [2.45, 2.75) is 31.2 Å². The van der Waals surface area contributed by atoms with Crippen molar-refractivity contribution in [1.29, 1.82) is 0 Å². The molecule has 0 saturated carbocycles. The highest BCUT2D eigenvalue weighted by molar-refractivity contribution is 7.92. The van der Waals surface area contributed by atoms with E-state index < -0.39 is 21.8 Å². The number of benzene rings is 3. The number of nitrogens with one attached hydrogen (secondary N) is 2. The zero-order chi connectivity index (χ0) is 25.0. The predicted octanol–water partition coefficient (Wildman–Crippen LogP) is 3.40. The second-order valence-electron chi connectivity index (χ2n) is 8.29. The number of rotatable bonds is 6. The molecule has 4 rings (SSSR count). The Morgan fingerprint density at radius 3 is 2.49 bits per heavy atom. The minimum atomic E-state index is -3.77. The Morgan fingerprint density at radius 2 is 1.74 bits per heavy atom. The van der Waals surface area contributed by atoms with Crippen LogP contribution in [0, 0.1) is 6.92 Å². The highest BCUT2D eigenvalue weighted by atomic mass is 32.2. The van der Waals surface area contributed by atoms with Crippen LogP contribution in [0.1, 0.15) is 23.1 Å². The lowest BCUT2D eigenvalue weighted by molar-refractivity contribution is -0.136. The van der Waals surface area contributed by atoms with Crippen molar-refractivity contribution in [3.05, 3.63) is 83.4 Å². The van der Waals surface area contributed by atoms with E-state index in [1.165, 1.54) is 11.4 Å². The monoisotopic (exact) mass is 493 g/mol. The fourth-order valence-electron chi connectivity index (χ4n) is 4.00. The number of anilines is 2. The van der Waals surface area contributed by atoms with Crippen LogP contribution in [0.5, 0.6) is 5.75 Å². The van der Waals surface area contributed by atoms with E-state index in [-0.39, 0.29) is 11.4 Å². The van der Waals surface area contributed by atoms with E-state index in [4.69, 9.17) is 4.74 Å². The Balaban J connectivity index is 1.50. The fraction of sp³-hybridized carbons (Fsp3) is 0.231. The van der Waals surface area contributed by atoms with Gasteiger partial charge in [-0.2, -0.15) is 0 Å². The third-order valence-corrected chi connectivity index (χ3v) is 7.69. The lowest BCUT2D eigenvalue weighted by atomic mass is 10.0. The zero-order valence-electron chi connectivity index (χ0n) is 19.6. The summed E-state index contributed by atoms with van der Waals surface area (Å²) in [6, 6.07) is 19.0. The standard InChI is InChI=1S/C26H27N3O5S/c1-18-9-13-22(14-10-18)35(32,33)29-15-5-7-19-11-12-21(16-23(19)29)28-26(31)25(30)27-17-20-6-3-4-8-24(20)34-2/h3-4,6,8-14,16H,5,7,15,17H2,1-2H3,(H,27,30)(H,28,31).